The Balaban J connectivity index is 2.37. The third-order valence-electron chi connectivity index (χ3n) is 3.89. The van der Waals surface area contributed by atoms with Crippen molar-refractivity contribution in [3.63, 3.8) is 0 Å². The Morgan fingerprint density at radius 2 is 1.81 bits per heavy atom. The molecule has 0 fully saturated rings. The summed E-state index contributed by atoms with van der Waals surface area (Å²) in [4.78, 5) is 19.0. The average Bonchev–Trinajstić information content (AvgIpc) is 2.68. The van der Waals surface area contributed by atoms with Gasteiger partial charge >= 0.3 is 0 Å². The third kappa shape index (κ3) is 3.77. The zero-order valence-electron chi connectivity index (χ0n) is 15.2. The SMILES string of the molecule is C=C/C=C(\O)c1nc(N)nc(-c2ccncc2)c1-c1ccnc(N(C)C)c1. The lowest BCUT2D eigenvalue weighted by Crippen LogP contribution is -2.11. The molecule has 0 aliphatic heterocycles. The summed E-state index contributed by atoms with van der Waals surface area (Å²) in [7, 11) is 3.82. The molecule has 0 saturated carbocycles. The summed E-state index contributed by atoms with van der Waals surface area (Å²) in [6, 6.07) is 7.41. The van der Waals surface area contributed by atoms with E-state index in [-0.39, 0.29) is 11.7 Å². The predicted molar refractivity (Wildman–Crippen MR) is 108 cm³/mol. The van der Waals surface area contributed by atoms with Crippen LogP contribution < -0.4 is 10.6 Å². The van der Waals surface area contributed by atoms with E-state index >= 15 is 0 Å². The van der Waals surface area contributed by atoms with E-state index in [1.54, 1.807) is 18.6 Å². The van der Waals surface area contributed by atoms with Gasteiger partial charge in [-0.15, -0.1) is 0 Å². The normalized spacial score (nSPS) is 11.3. The maximum atomic E-state index is 10.5. The fourth-order valence-electron chi connectivity index (χ4n) is 2.66. The van der Waals surface area contributed by atoms with Crippen molar-refractivity contribution in [2.75, 3.05) is 24.7 Å². The van der Waals surface area contributed by atoms with E-state index in [1.165, 1.54) is 12.2 Å². The molecule has 0 radical (unpaired) electrons. The number of aromatic nitrogens is 4. The number of nitrogen functional groups attached to an aromatic ring is 1. The summed E-state index contributed by atoms with van der Waals surface area (Å²) in [5, 5.41) is 10.5. The number of aliphatic hydroxyl groups excluding tert-OH is 1. The summed E-state index contributed by atoms with van der Waals surface area (Å²) in [5.74, 6) is 0.780. The standard InChI is InChI=1S/C20H20N6O/c1-4-5-15(27)19-17(14-8-11-23-16(12-14)26(2)3)18(24-20(21)25-19)13-6-9-22-10-7-13/h4-12,27H,1H2,2-3H3,(H2,21,24,25)/b15-5-. The minimum Gasteiger partial charge on any atom is -0.506 e. The highest BCUT2D eigenvalue weighted by molar-refractivity contribution is 5.89. The van der Waals surface area contributed by atoms with Gasteiger partial charge in [0.2, 0.25) is 5.95 Å². The quantitative estimate of drug-likeness (QED) is 0.531. The third-order valence-corrected chi connectivity index (χ3v) is 3.89. The van der Waals surface area contributed by atoms with E-state index in [9.17, 15) is 5.11 Å². The highest BCUT2D eigenvalue weighted by atomic mass is 16.3. The van der Waals surface area contributed by atoms with E-state index < -0.39 is 0 Å². The maximum absolute atomic E-state index is 10.5. The number of nitrogens with two attached hydrogens (primary N) is 1. The summed E-state index contributed by atoms with van der Waals surface area (Å²) >= 11 is 0. The highest BCUT2D eigenvalue weighted by Gasteiger charge is 2.20. The summed E-state index contributed by atoms with van der Waals surface area (Å²) < 4.78 is 0. The Labute approximate surface area is 157 Å². The second kappa shape index (κ2) is 7.65. The van der Waals surface area contributed by atoms with Crippen LogP contribution in [0.25, 0.3) is 28.1 Å². The Morgan fingerprint density at radius 3 is 2.48 bits per heavy atom. The molecule has 0 bridgehead atoms. The summed E-state index contributed by atoms with van der Waals surface area (Å²) in [6.07, 6.45) is 8.01. The number of rotatable bonds is 5. The van der Waals surface area contributed by atoms with Crippen molar-refractivity contribution in [1.29, 1.82) is 0 Å². The van der Waals surface area contributed by atoms with Crippen LogP contribution in [0.5, 0.6) is 0 Å². The topological polar surface area (TPSA) is 101 Å². The molecular weight excluding hydrogens is 340 g/mol. The van der Waals surface area contributed by atoms with Crippen molar-refractivity contribution < 1.29 is 5.11 Å². The fraction of sp³-hybridized carbons (Fsp3) is 0.100. The molecule has 0 aromatic carbocycles. The van der Waals surface area contributed by atoms with Crippen LogP contribution in [0, 0.1) is 0 Å². The van der Waals surface area contributed by atoms with E-state index in [1.807, 2.05) is 43.3 Å². The van der Waals surface area contributed by atoms with Gasteiger partial charge in [0.25, 0.3) is 0 Å². The van der Waals surface area contributed by atoms with E-state index in [4.69, 9.17) is 5.73 Å². The number of anilines is 2. The van der Waals surface area contributed by atoms with Gasteiger partial charge in [-0.2, -0.15) is 0 Å². The summed E-state index contributed by atoms with van der Waals surface area (Å²) in [6.45, 7) is 3.63. The van der Waals surface area contributed by atoms with Crippen LogP contribution in [-0.4, -0.2) is 39.1 Å². The van der Waals surface area contributed by atoms with Gasteiger partial charge in [0, 0.05) is 43.8 Å². The Kier molecular flexibility index (Phi) is 5.12. The van der Waals surface area contributed by atoms with Gasteiger partial charge in [-0.05, 0) is 35.9 Å². The van der Waals surface area contributed by atoms with E-state index in [0.29, 0.717) is 17.0 Å². The molecule has 0 unspecified atom stereocenters. The van der Waals surface area contributed by atoms with Crippen LogP contribution in [-0.2, 0) is 0 Å². The molecule has 3 N–H and O–H groups in total. The van der Waals surface area contributed by atoms with Crippen LogP contribution in [0.3, 0.4) is 0 Å². The molecule has 0 spiro atoms. The van der Waals surface area contributed by atoms with Gasteiger partial charge in [-0.1, -0.05) is 12.7 Å². The molecule has 3 rings (SSSR count). The zero-order chi connectivity index (χ0) is 19.4. The smallest absolute Gasteiger partial charge is 0.221 e. The van der Waals surface area contributed by atoms with Crippen LogP contribution >= 0.6 is 0 Å². The van der Waals surface area contributed by atoms with Gasteiger partial charge in [-0.3, -0.25) is 4.98 Å². The first kappa shape index (κ1) is 18.1. The van der Waals surface area contributed by atoms with Crippen molar-refractivity contribution in [3.8, 4) is 22.4 Å². The molecule has 0 aliphatic carbocycles. The number of nitrogens with zero attached hydrogens (tertiary/aromatic N) is 5. The lowest BCUT2D eigenvalue weighted by atomic mass is 9.97. The van der Waals surface area contributed by atoms with E-state index in [2.05, 4.69) is 26.5 Å². The van der Waals surface area contributed by atoms with Gasteiger partial charge < -0.3 is 15.7 Å². The highest BCUT2D eigenvalue weighted by Crippen LogP contribution is 2.36. The first-order valence-corrected chi connectivity index (χ1v) is 8.25. The van der Waals surface area contributed by atoms with Crippen molar-refractivity contribution >= 4 is 17.5 Å². The number of aliphatic hydroxyl groups is 1. The molecule has 7 heteroatoms. The molecule has 3 heterocycles. The minimum atomic E-state index is -0.0485. The first-order valence-electron chi connectivity index (χ1n) is 8.25. The first-order chi connectivity index (χ1) is 13.0. The molecule has 3 aromatic rings. The maximum Gasteiger partial charge on any atom is 0.221 e. The molecule has 7 nitrogen and oxygen atoms in total. The van der Waals surface area contributed by atoms with Gasteiger partial charge in [-0.25, -0.2) is 15.0 Å². The Hall–Kier alpha value is -3.74. The largest absolute Gasteiger partial charge is 0.506 e. The lowest BCUT2D eigenvalue weighted by molar-refractivity contribution is 0.509. The molecule has 0 aliphatic rings. The number of hydrogen-bond acceptors (Lipinski definition) is 7. The monoisotopic (exact) mass is 360 g/mol. The van der Waals surface area contributed by atoms with Crippen molar-refractivity contribution in [2.24, 2.45) is 0 Å². The molecule has 27 heavy (non-hydrogen) atoms. The Bertz CT molecular complexity index is 999. The van der Waals surface area contributed by atoms with E-state index in [0.717, 1.165) is 16.9 Å². The van der Waals surface area contributed by atoms with Gasteiger partial charge in [0.05, 0.1) is 5.69 Å². The minimum absolute atomic E-state index is 0.0485. The Morgan fingerprint density at radius 1 is 1.11 bits per heavy atom. The van der Waals surface area contributed by atoms with Crippen LogP contribution in [0.2, 0.25) is 0 Å². The average molecular weight is 360 g/mol. The second-order valence-electron chi connectivity index (χ2n) is 5.97. The van der Waals surface area contributed by atoms with Crippen LogP contribution in [0.15, 0.2) is 61.6 Å². The van der Waals surface area contributed by atoms with Crippen molar-refractivity contribution in [3.05, 3.63) is 67.3 Å². The molecule has 0 atom stereocenters. The molecule has 0 amide bonds. The number of pyridine rings is 2. The number of hydrogen-bond donors (Lipinski definition) is 2. The van der Waals surface area contributed by atoms with Crippen LogP contribution in [0.1, 0.15) is 5.69 Å². The zero-order valence-corrected chi connectivity index (χ0v) is 15.2. The molecular formula is C20H20N6O. The van der Waals surface area contributed by atoms with Crippen LogP contribution in [0.4, 0.5) is 11.8 Å². The molecule has 0 saturated heterocycles. The predicted octanol–water partition coefficient (Wildman–Crippen LogP) is 3.33. The van der Waals surface area contributed by atoms with Gasteiger partial charge in [0.15, 0.2) is 0 Å². The van der Waals surface area contributed by atoms with Crippen molar-refractivity contribution in [2.45, 2.75) is 0 Å². The lowest BCUT2D eigenvalue weighted by Gasteiger charge is -2.17. The molecule has 3 aromatic heterocycles. The van der Waals surface area contributed by atoms with Gasteiger partial charge in [0.1, 0.15) is 17.3 Å². The molecule has 136 valence electrons. The second-order valence-corrected chi connectivity index (χ2v) is 5.97. The number of allylic oxidation sites excluding steroid dienone is 2. The van der Waals surface area contributed by atoms with Crippen molar-refractivity contribution in [1.82, 2.24) is 19.9 Å². The fourth-order valence-corrected chi connectivity index (χ4v) is 2.66. The summed E-state index contributed by atoms with van der Waals surface area (Å²) in [5.41, 5.74) is 9.12.